The molecule has 112 valence electrons. The third kappa shape index (κ3) is 4.19. The lowest BCUT2D eigenvalue weighted by atomic mass is 10.3. The van der Waals surface area contributed by atoms with Crippen molar-refractivity contribution < 1.29 is 13.9 Å². The molecular formula is C15H18N2O3S. The smallest absolute Gasteiger partial charge is 0.233 e. The zero-order valence-electron chi connectivity index (χ0n) is 12.0. The Kier molecular flexibility index (Phi) is 5.16. The Hall–Kier alpha value is -2.08. The molecule has 6 heteroatoms. The number of hydrogen-bond acceptors (Lipinski definition) is 5. The quantitative estimate of drug-likeness (QED) is 0.634. The molecule has 0 saturated heterocycles. The first kappa shape index (κ1) is 15.3. The highest BCUT2D eigenvalue weighted by atomic mass is 32.2. The first-order chi connectivity index (χ1) is 10.1. The number of rotatable bonds is 6. The number of benzene rings is 1. The summed E-state index contributed by atoms with van der Waals surface area (Å²) in [4.78, 5) is 12.9. The van der Waals surface area contributed by atoms with Gasteiger partial charge in [0.2, 0.25) is 5.91 Å². The first-order valence-electron chi connectivity index (χ1n) is 6.50. The van der Waals surface area contributed by atoms with E-state index in [4.69, 9.17) is 14.9 Å². The molecule has 0 aliphatic carbocycles. The van der Waals surface area contributed by atoms with Crippen LogP contribution in [0.25, 0.3) is 0 Å². The van der Waals surface area contributed by atoms with Crippen LogP contribution in [0.15, 0.2) is 45.9 Å². The second kappa shape index (κ2) is 7.08. The highest BCUT2D eigenvalue weighted by Gasteiger charge is 2.16. The molecule has 2 rings (SSSR count). The van der Waals surface area contributed by atoms with Gasteiger partial charge in [-0.25, -0.2) is 0 Å². The van der Waals surface area contributed by atoms with Crippen molar-refractivity contribution >= 4 is 23.4 Å². The van der Waals surface area contributed by atoms with E-state index in [0.29, 0.717) is 12.2 Å². The Labute approximate surface area is 127 Å². The Morgan fingerprint density at radius 2 is 2.29 bits per heavy atom. The summed E-state index contributed by atoms with van der Waals surface area (Å²) in [6.07, 6.45) is 1.58. The highest BCUT2D eigenvalue weighted by Crippen LogP contribution is 2.32. The van der Waals surface area contributed by atoms with Crippen LogP contribution in [0.1, 0.15) is 12.7 Å². The molecule has 2 aromatic rings. The fourth-order valence-electron chi connectivity index (χ4n) is 1.72. The van der Waals surface area contributed by atoms with Gasteiger partial charge in [-0.3, -0.25) is 4.79 Å². The summed E-state index contributed by atoms with van der Waals surface area (Å²) >= 11 is 1.40. The zero-order chi connectivity index (χ0) is 15.2. The van der Waals surface area contributed by atoms with Crippen molar-refractivity contribution in [1.29, 1.82) is 0 Å². The van der Waals surface area contributed by atoms with E-state index in [0.717, 1.165) is 16.4 Å². The maximum absolute atomic E-state index is 12.1. The number of amides is 1. The van der Waals surface area contributed by atoms with Gasteiger partial charge in [0.15, 0.2) is 0 Å². The minimum absolute atomic E-state index is 0.0707. The van der Waals surface area contributed by atoms with Crippen molar-refractivity contribution in [3.63, 3.8) is 0 Å². The molecule has 1 amide bonds. The van der Waals surface area contributed by atoms with Crippen LogP contribution >= 0.6 is 11.8 Å². The lowest BCUT2D eigenvalue weighted by molar-refractivity contribution is -0.120. The highest BCUT2D eigenvalue weighted by molar-refractivity contribution is 8.00. The van der Waals surface area contributed by atoms with Crippen LogP contribution < -0.4 is 15.8 Å². The third-order valence-electron chi connectivity index (χ3n) is 2.91. The largest absolute Gasteiger partial charge is 0.497 e. The molecule has 5 nitrogen and oxygen atoms in total. The molecular weight excluding hydrogens is 288 g/mol. The fraction of sp³-hybridized carbons (Fsp3) is 0.267. The van der Waals surface area contributed by atoms with E-state index in [1.54, 1.807) is 31.6 Å². The van der Waals surface area contributed by atoms with Crippen LogP contribution in [0, 0.1) is 0 Å². The Morgan fingerprint density at radius 3 is 2.95 bits per heavy atom. The summed E-state index contributed by atoms with van der Waals surface area (Å²) in [5.74, 6) is 1.37. The summed E-state index contributed by atoms with van der Waals surface area (Å²) < 4.78 is 10.3. The predicted molar refractivity (Wildman–Crippen MR) is 83.3 cm³/mol. The summed E-state index contributed by atoms with van der Waals surface area (Å²) in [5, 5.41) is 2.56. The van der Waals surface area contributed by atoms with Gasteiger partial charge < -0.3 is 20.2 Å². The maximum atomic E-state index is 12.1. The first-order valence-corrected chi connectivity index (χ1v) is 7.38. The van der Waals surface area contributed by atoms with E-state index in [9.17, 15) is 4.79 Å². The predicted octanol–water partition coefficient (Wildman–Crippen LogP) is 2.67. The van der Waals surface area contributed by atoms with Gasteiger partial charge in [-0.05, 0) is 37.3 Å². The van der Waals surface area contributed by atoms with Gasteiger partial charge in [-0.2, -0.15) is 0 Å². The van der Waals surface area contributed by atoms with Gasteiger partial charge >= 0.3 is 0 Å². The molecule has 3 N–H and O–H groups in total. The molecule has 21 heavy (non-hydrogen) atoms. The molecule has 1 atom stereocenters. The number of carbonyl (C=O) groups is 1. The average molecular weight is 306 g/mol. The van der Waals surface area contributed by atoms with Gasteiger partial charge in [-0.1, -0.05) is 0 Å². The van der Waals surface area contributed by atoms with Crippen molar-refractivity contribution in [2.45, 2.75) is 23.6 Å². The lowest BCUT2D eigenvalue weighted by Crippen LogP contribution is -2.30. The van der Waals surface area contributed by atoms with Gasteiger partial charge in [0.05, 0.1) is 25.2 Å². The second-order valence-electron chi connectivity index (χ2n) is 4.46. The van der Waals surface area contributed by atoms with E-state index < -0.39 is 0 Å². The van der Waals surface area contributed by atoms with Crippen molar-refractivity contribution in [3.8, 4) is 5.75 Å². The van der Waals surface area contributed by atoms with Crippen LogP contribution in [0.2, 0.25) is 0 Å². The van der Waals surface area contributed by atoms with E-state index in [1.807, 2.05) is 19.1 Å². The minimum atomic E-state index is -0.269. The molecule has 0 spiro atoms. The van der Waals surface area contributed by atoms with Gasteiger partial charge in [-0.15, -0.1) is 11.8 Å². The zero-order valence-corrected chi connectivity index (χ0v) is 12.8. The average Bonchev–Trinajstić information content (AvgIpc) is 3.00. The number of ether oxygens (including phenoxy) is 1. The van der Waals surface area contributed by atoms with E-state index >= 15 is 0 Å². The molecule has 1 unspecified atom stereocenters. The Bertz CT molecular complexity index is 599. The molecule has 0 aliphatic rings. The number of nitrogen functional groups attached to an aromatic ring is 1. The third-order valence-corrected chi connectivity index (χ3v) is 4.09. The number of methoxy groups -OCH3 is 1. The van der Waals surface area contributed by atoms with Crippen molar-refractivity contribution in [2.24, 2.45) is 0 Å². The van der Waals surface area contributed by atoms with Gasteiger partial charge in [0.25, 0.3) is 0 Å². The van der Waals surface area contributed by atoms with Crippen LogP contribution in [0.5, 0.6) is 5.75 Å². The number of hydrogen-bond donors (Lipinski definition) is 2. The standard InChI is InChI=1S/C15H18N2O3S/c1-10(15(18)17-9-12-4-3-7-20-12)21-14-8-11(19-2)5-6-13(14)16/h3-8,10H,9,16H2,1-2H3,(H,17,18). The SMILES string of the molecule is COc1ccc(N)c(SC(C)C(=O)NCc2ccco2)c1. The number of furan rings is 1. The van der Waals surface area contributed by atoms with Crippen LogP contribution in [-0.2, 0) is 11.3 Å². The summed E-state index contributed by atoms with van der Waals surface area (Å²) in [5.41, 5.74) is 6.55. The van der Waals surface area contributed by atoms with Crippen molar-refractivity contribution in [3.05, 3.63) is 42.4 Å². The second-order valence-corrected chi connectivity index (χ2v) is 5.84. The van der Waals surface area contributed by atoms with E-state index in [2.05, 4.69) is 5.32 Å². The normalized spacial score (nSPS) is 11.9. The molecule has 1 heterocycles. The summed E-state index contributed by atoms with van der Waals surface area (Å²) in [6, 6.07) is 9.00. The number of anilines is 1. The monoisotopic (exact) mass is 306 g/mol. The van der Waals surface area contributed by atoms with E-state index in [1.165, 1.54) is 11.8 Å². The fourth-order valence-corrected chi connectivity index (χ4v) is 2.68. The van der Waals surface area contributed by atoms with Crippen LogP contribution in [0.4, 0.5) is 5.69 Å². The maximum Gasteiger partial charge on any atom is 0.233 e. The molecule has 1 aromatic heterocycles. The molecule has 0 saturated carbocycles. The Balaban J connectivity index is 1.93. The van der Waals surface area contributed by atoms with Crippen molar-refractivity contribution in [1.82, 2.24) is 5.32 Å². The molecule has 0 radical (unpaired) electrons. The number of carbonyl (C=O) groups excluding carboxylic acids is 1. The van der Waals surface area contributed by atoms with Crippen molar-refractivity contribution in [2.75, 3.05) is 12.8 Å². The summed E-state index contributed by atoms with van der Waals surface area (Å²) in [6.45, 7) is 2.21. The van der Waals surface area contributed by atoms with E-state index in [-0.39, 0.29) is 11.2 Å². The van der Waals surface area contributed by atoms with Gasteiger partial charge in [0.1, 0.15) is 11.5 Å². The molecule has 1 aromatic carbocycles. The Morgan fingerprint density at radius 1 is 1.48 bits per heavy atom. The molecule has 0 aliphatic heterocycles. The van der Waals surface area contributed by atoms with Gasteiger partial charge in [0, 0.05) is 10.6 Å². The number of thioether (sulfide) groups is 1. The van der Waals surface area contributed by atoms with Crippen LogP contribution in [0.3, 0.4) is 0 Å². The number of nitrogens with two attached hydrogens (primary N) is 1. The van der Waals surface area contributed by atoms with Crippen LogP contribution in [-0.4, -0.2) is 18.3 Å². The molecule has 0 fully saturated rings. The topological polar surface area (TPSA) is 77.5 Å². The summed E-state index contributed by atoms with van der Waals surface area (Å²) in [7, 11) is 1.60. The minimum Gasteiger partial charge on any atom is -0.497 e. The molecule has 0 bridgehead atoms. The number of nitrogens with one attached hydrogen (secondary N) is 1. The lowest BCUT2D eigenvalue weighted by Gasteiger charge is -2.13.